The van der Waals surface area contributed by atoms with Gasteiger partial charge in [-0.25, -0.2) is 4.98 Å². The zero-order valence-electron chi connectivity index (χ0n) is 15.7. The number of carbonyl (C=O) groups is 1. The Morgan fingerprint density at radius 2 is 1.96 bits per heavy atom. The summed E-state index contributed by atoms with van der Waals surface area (Å²) in [4.78, 5) is 20.1. The first-order valence-electron chi connectivity index (χ1n) is 8.93. The average molecular weight is 379 g/mol. The van der Waals surface area contributed by atoms with E-state index in [4.69, 9.17) is 4.98 Å². The fraction of sp³-hybridized carbons (Fsp3) is 0.238. The van der Waals surface area contributed by atoms with Gasteiger partial charge in [-0.05, 0) is 39.2 Å². The van der Waals surface area contributed by atoms with E-state index in [-0.39, 0.29) is 5.91 Å². The van der Waals surface area contributed by atoms with Gasteiger partial charge in [0.2, 0.25) is 0 Å². The third-order valence-electron chi connectivity index (χ3n) is 4.55. The van der Waals surface area contributed by atoms with Crippen LogP contribution >= 0.6 is 11.3 Å². The van der Waals surface area contributed by atoms with Gasteiger partial charge in [0.25, 0.3) is 5.91 Å². The molecule has 2 aromatic heterocycles. The van der Waals surface area contributed by atoms with Gasteiger partial charge in [0.15, 0.2) is 4.96 Å². The molecule has 0 atom stereocenters. The first-order chi connectivity index (χ1) is 13.0. The monoisotopic (exact) mass is 378 g/mol. The van der Waals surface area contributed by atoms with E-state index in [1.807, 2.05) is 37.2 Å². The molecule has 1 amide bonds. The van der Waals surface area contributed by atoms with E-state index in [1.54, 1.807) is 11.3 Å². The van der Waals surface area contributed by atoms with Gasteiger partial charge in [0.1, 0.15) is 0 Å². The third-order valence-corrected chi connectivity index (χ3v) is 5.57. The Morgan fingerprint density at radius 1 is 1.19 bits per heavy atom. The van der Waals surface area contributed by atoms with E-state index in [0.29, 0.717) is 12.1 Å². The summed E-state index contributed by atoms with van der Waals surface area (Å²) in [5, 5.41) is 2.96. The van der Waals surface area contributed by atoms with Crippen LogP contribution in [0.1, 0.15) is 15.9 Å². The lowest BCUT2D eigenvalue weighted by molar-refractivity contribution is 0.0951. The number of benzene rings is 2. The topological polar surface area (TPSA) is 49.6 Å². The largest absolute Gasteiger partial charge is 0.351 e. The van der Waals surface area contributed by atoms with E-state index < -0.39 is 0 Å². The van der Waals surface area contributed by atoms with Crippen molar-refractivity contribution >= 4 is 32.4 Å². The number of carbonyl (C=O) groups excluding carboxylic acids is 1. The van der Waals surface area contributed by atoms with Gasteiger partial charge in [-0.15, -0.1) is 0 Å². The highest BCUT2D eigenvalue weighted by atomic mass is 32.1. The fourth-order valence-corrected chi connectivity index (χ4v) is 4.05. The zero-order valence-corrected chi connectivity index (χ0v) is 16.5. The fourth-order valence-electron chi connectivity index (χ4n) is 3.00. The van der Waals surface area contributed by atoms with Gasteiger partial charge < -0.3 is 10.2 Å². The number of fused-ring (bicyclic) bond motifs is 3. The van der Waals surface area contributed by atoms with E-state index in [1.165, 1.54) is 5.56 Å². The first-order valence-corrected chi connectivity index (χ1v) is 9.74. The molecule has 0 aliphatic carbocycles. The molecule has 2 heterocycles. The van der Waals surface area contributed by atoms with Crippen molar-refractivity contribution in [3.05, 3.63) is 59.8 Å². The number of amides is 1. The highest BCUT2D eigenvalue weighted by molar-refractivity contribution is 7.23. The number of nitrogens with zero attached hydrogens (tertiary/aromatic N) is 3. The second kappa shape index (κ2) is 7.13. The lowest BCUT2D eigenvalue weighted by Gasteiger charge is -2.10. The predicted octanol–water partition coefficient (Wildman–Crippen LogP) is 3.82. The molecule has 0 saturated carbocycles. The molecule has 4 rings (SSSR count). The molecular weight excluding hydrogens is 356 g/mol. The minimum atomic E-state index is -0.0369. The Balaban J connectivity index is 1.62. The van der Waals surface area contributed by atoms with Gasteiger partial charge in [0.05, 0.1) is 15.9 Å². The summed E-state index contributed by atoms with van der Waals surface area (Å²) in [7, 11) is 3.98. The molecule has 1 N–H and O–H groups in total. The zero-order chi connectivity index (χ0) is 19.0. The molecule has 0 aliphatic heterocycles. The number of aryl methyl sites for hydroxylation is 1. The minimum absolute atomic E-state index is 0.0369. The van der Waals surface area contributed by atoms with Crippen LogP contribution in [0, 0.1) is 6.92 Å². The molecule has 0 bridgehead atoms. The molecule has 0 radical (unpaired) electrons. The second-order valence-electron chi connectivity index (χ2n) is 6.99. The average Bonchev–Trinajstić information content (AvgIpc) is 3.19. The molecule has 4 aromatic rings. The van der Waals surface area contributed by atoms with Gasteiger partial charge in [0, 0.05) is 30.4 Å². The summed E-state index contributed by atoms with van der Waals surface area (Å²) in [5.41, 5.74) is 5.08. The number of likely N-dealkylation sites (N-methyl/N-ethyl adjacent to an activating group) is 1. The molecule has 5 nitrogen and oxygen atoms in total. The molecule has 138 valence electrons. The number of aromatic nitrogens is 2. The quantitative estimate of drug-likeness (QED) is 0.574. The Morgan fingerprint density at radius 3 is 2.70 bits per heavy atom. The number of thiazole rings is 1. The van der Waals surface area contributed by atoms with Crippen molar-refractivity contribution in [1.82, 2.24) is 19.6 Å². The van der Waals surface area contributed by atoms with E-state index in [9.17, 15) is 4.79 Å². The van der Waals surface area contributed by atoms with Gasteiger partial charge in [-0.1, -0.05) is 41.2 Å². The van der Waals surface area contributed by atoms with Crippen molar-refractivity contribution < 1.29 is 4.79 Å². The maximum atomic E-state index is 12.3. The number of nitrogens with one attached hydrogen (secondary N) is 1. The second-order valence-corrected chi connectivity index (χ2v) is 8.00. The normalized spacial score (nSPS) is 11.6. The molecule has 6 heteroatoms. The number of rotatable bonds is 5. The molecular formula is C21H22N4OS. The first kappa shape index (κ1) is 17.7. The van der Waals surface area contributed by atoms with Crippen LogP contribution in [0.4, 0.5) is 0 Å². The molecule has 27 heavy (non-hydrogen) atoms. The smallest absolute Gasteiger partial charge is 0.251 e. The Labute approximate surface area is 162 Å². The summed E-state index contributed by atoms with van der Waals surface area (Å²) in [6.45, 7) is 3.54. The maximum Gasteiger partial charge on any atom is 0.251 e. The van der Waals surface area contributed by atoms with Crippen LogP contribution in [0.5, 0.6) is 0 Å². The van der Waals surface area contributed by atoms with E-state index in [2.05, 4.69) is 47.1 Å². The van der Waals surface area contributed by atoms with Crippen molar-refractivity contribution in [3.63, 3.8) is 0 Å². The molecule has 0 aliphatic rings. The molecule has 0 fully saturated rings. The summed E-state index contributed by atoms with van der Waals surface area (Å²) >= 11 is 1.60. The number of hydrogen-bond acceptors (Lipinski definition) is 4. The van der Waals surface area contributed by atoms with Crippen molar-refractivity contribution in [3.8, 4) is 11.3 Å². The standard InChI is InChI=1S/C21H22N4OS/c1-14-4-6-15(7-5-14)17-13-25-18-9-8-16(12-19(18)27-21(25)23-17)20(26)22-10-11-24(2)3/h4-9,12-13H,10-11H2,1-3H3,(H,22,26). The van der Waals surface area contributed by atoms with Crippen LogP contribution < -0.4 is 5.32 Å². The lowest BCUT2D eigenvalue weighted by Crippen LogP contribution is -2.31. The molecule has 0 saturated heterocycles. The summed E-state index contributed by atoms with van der Waals surface area (Å²) in [6, 6.07) is 14.2. The van der Waals surface area contributed by atoms with Gasteiger partial charge >= 0.3 is 0 Å². The number of hydrogen-bond donors (Lipinski definition) is 1. The summed E-state index contributed by atoms with van der Waals surface area (Å²) in [6.07, 6.45) is 2.07. The Hall–Kier alpha value is -2.70. The molecule has 2 aromatic carbocycles. The lowest BCUT2D eigenvalue weighted by atomic mass is 10.1. The van der Waals surface area contributed by atoms with Crippen molar-refractivity contribution in [2.24, 2.45) is 0 Å². The predicted molar refractivity (Wildman–Crippen MR) is 112 cm³/mol. The minimum Gasteiger partial charge on any atom is -0.351 e. The number of imidazole rings is 1. The highest BCUT2D eigenvalue weighted by Gasteiger charge is 2.13. The SMILES string of the molecule is Cc1ccc(-c2cn3c(n2)sc2cc(C(=O)NCCN(C)C)ccc23)cc1. The Kier molecular flexibility index (Phi) is 4.68. The van der Waals surface area contributed by atoms with Crippen LogP contribution in [0.2, 0.25) is 0 Å². The van der Waals surface area contributed by atoms with Crippen molar-refractivity contribution in [2.45, 2.75) is 6.92 Å². The van der Waals surface area contributed by atoms with Crippen molar-refractivity contribution in [1.29, 1.82) is 0 Å². The van der Waals surface area contributed by atoms with Crippen LogP contribution in [0.15, 0.2) is 48.7 Å². The molecule has 0 unspecified atom stereocenters. The maximum absolute atomic E-state index is 12.3. The van der Waals surface area contributed by atoms with Gasteiger partial charge in [-0.2, -0.15) is 0 Å². The van der Waals surface area contributed by atoms with Crippen LogP contribution in [-0.2, 0) is 0 Å². The van der Waals surface area contributed by atoms with Crippen LogP contribution in [0.3, 0.4) is 0 Å². The van der Waals surface area contributed by atoms with Crippen LogP contribution in [0.25, 0.3) is 26.4 Å². The van der Waals surface area contributed by atoms with Crippen molar-refractivity contribution in [2.75, 3.05) is 27.2 Å². The van der Waals surface area contributed by atoms with E-state index >= 15 is 0 Å². The summed E-state index contributed by atoms with van der Waals surface area (Å²) in [5.74, 6) is -0.0369. The Bertz CT molecular complexity index is 1110. The highest BCUT2D eigenvalue weighted by Crippen LogP contribution is 2.30. The van der Waals surface area contributed by atoms with Gasteiger partial charge in [-0.3, -0.25) is 9.20 Å². The van der Waals surface area contributed by atoms with E-state index in [0.717, 1.165) is 33.0 Å². The van der Waals surface area contributed by atoms with Crippen LogP contribution in [-0.4, -0.2) is 47.4 Å². The molecule has 0 spiro atoms. The third kappa shape index (κ3) is 3.59. The summed E-state index contributed by atoms with van der Waals surface area (Å²) < 4.78 is 3.16.